The maximum atomic E-state index is 10.4. The Morgan fingerprint density at radius 1 is 1.25 bits per heavy atom. The lowest BCUT2D eigenvalue weighted by Gasteiger charge is -2.20. The number of unbranched alkanes of at least 4 members (excludes halogenated alkanes) is 1. The van der Waals surface area contributed by atoms with Crippen LogP contribution in [-0.2, 0) is 4.79 Å². The zero-order chi connectivity index (χ0) is 15.1. The Balaban J connectivity index is 3.21. The van der Waals surface area contributed by atoms with Crippen LogP contribution in [0, 0.1) is 0 Å². The third-order valence-electron chi connectivity index (χ3n) is 3.02. The summed E-state index contributed by atoms with van der Waals surface area (Å²) < 4.78 is 15.9. The van der Waals surface area contributed by atoms with Crippen LogP contribution < -0.4 is 19.9 Å². The number of methoxy groups -OCH3 is 3. The number of carbonyl (C=O) groups excluding carboxylic acids is 1. The van der Waals surface area contributed by atoms with Gasteiger partial charge in [-0.3, -0.25) is 0 Å². The first-order valence-corrected chi connectivity index (χ1v) is 6.70. The van der Waals surface area contributed by atoms with Crippen LogP contribution in [0.3, 0.4) is 0 Å². The Kier molecular flexibility index (Phi) is 6.45. The molecule has 1 unspecified atom stereocenters. The SMILES string of the molecule is COc1cc(OC)c(C(Cl)CCCC=O)c(OC)c1N. The maximum Gasteiger partial charge on any atom is 0.153 e. The van der Waals surface area contributed by atoms with Crippen molar-refractivity contribution >= 4 is 23.6 Å². The van der Waals surface area contributed by atoms with E-state index < -0.39 is 0 Å². The number of anilines is 1. The van der Waals surface area contributed by atoms with Gasteiger partial charge in [-0.1, -0.05) is 0 Å². The number of hydrogen-bond acceptors (Lipinski definition) is 5. The lowest BCUT2D eigenvalue weighted by atomic mass is 10.0. The molecule has 0 saturated heterocycles. The van der Waals surface area contributed by atoms with Crippen LogP contribution in [-0.4, -0.2) is 27.6 Å². The second kappa shape index (κ2) is 7.85. The average Bonchev–Trinajstić information content (AvgIpc) is 2.46. The summed E-state index contributed by atoms with van der Waals surface area (Å²) >= 11 is 6.41. The topological polar surface area (TPSA) is 70.8 Å². The fraction of sp³-hybridized carbons (Fsp3) is 0.500. The minimum Gasteiger partial charge on any atom is -0.496 e. The van der Waals surface area contributed by atoms with Crippen LogP contribution >= 0.6 is 11.6 Å². The maximum absolute atomic E-state index is 10.4. The molecular formula is C14H20ClNO4. The molecule has 1 atom stereocenters. The van der Waals surface area contributed by atoms with Gasteiger partial charge < -0.3 is 24.7 Å². The summed E-state index contributed by atoms with van der Waals surface area (Å²) in [6, 6.07) is 1.68. The third kappa shape index (κ3) is 3.48. The monoisotopic (exact) mass is 301 g/mol. The minimum absolute atomic E-state index is 0.354. The molecule has 1 rings (SSSR count). The minimum atomic E-state index is -0.354. The molecule has 0 bridgehead atoms. The second-order valence-electron chi connectivity index (χ2n) is 4.21. The molecule has 0 aliphatic heterocycles. The highest BCUT2D eigenvalue weighted by molar-refractivity contribution is 6.21. The summed E-state index contributed by atoms with van der Waals surface area (Å²) in [5, 5.41) is -0.354. The molecule has 0 aliphatic rings. The molecule has 0 amide bonds. The van der Waals surface area contributed by atoms with Gasteiger partial charge in [0.1, 0.15) is 23.5 Å². The number of halogens is 1. The lowest BCUT2D eigenvalue weighted by molar-refractivity contribution is -0.107. The largest absolute Gasteiger partial charge is 0.496 e. The lowest BCUT2D eigenvalue weighted by Crippen LogP contribution is -2.05. The van der Waals surface area contributed by atoms with Crippen LogP contribution in [0.15, 0.2) is 6.07 Å². The molecule has 0 spiro atoms. The number of alkyl halides is 1. The van der Waals surface area contributed by atoms with Crippen molar-refractivity contribution in [2.75, 3.05) is 27.1 Å². The standard InChI is InChI=1S/C14H20ClNO4/c1-18-10-8-11(19-2)13(16)14(20-3)12(10)9(15)6-4-5-7-17/h7-9H,4-6,16H2,1-3H3. The quantitative estimate of drug-likeness (QED) is 0.346. The predicted molar refractivity (Wildman–Crippen MR) is 79.0 cm³/mol. The van der Waals surface area contributed by atoms with Crippen molar-refractivity contribution in [3.05, 3.63) is 11.6 Å². The van der Waals surface area contributed by atoms with Crippen molar-refractivity contribution in [2.24, 2.45) is 0 Å². The summed E-state index contributed by atoms with van der Waals surface area (Å²) in [6.07, 6.45) is 2.66. The summed E-state index contributed by atoms with van der Waals surface area (Å²) in [7, 11) is 4.58. The van der Waals surface area contributed by atoms with E-state index in [4.69, 9.17) is 31.5 Å². The van der Waals surface area contributed by atoms with Crippen LogP contribution in [0.4, 0.5) is 5.69 Å². The summed E-state index contributed by atoms with van der Waals surface area (Å²) in [4.78, 5) is 10.4. The molecule has 1 aromatic rings. The molecule has 0 radical (unpaired) electrons. The molecule has 0 fully saturated rings. The van der Waals surface area contributed by atoms with Crippen molar-refractivity contribution in [1.29, 1.82) is 0 Å². The molecule has 5 nitrogen and oxygen atoms in total. The number of nitrogens with two attached hydrogens (primary N) is 1. The first kappa shape index (κ1) is 16.4. The number of ether oxygens (including phenoxy) is 3. The highest BCUT2D eigenvalue weighted by atomic mass is 35.5. The van der Waals surface area contributed by atoms with E-state index in [1.54, 1.807) is 13.2 Å². The molecule has 2 N–H and O–H groups in total. The van der Waals surface area contributed by atoms with Crippen LogP contribution in [0.5, 0.6) is 17.2 Å². The van der Waals surface area contributed by atoms with E-state index in [0.717, 1.165) is 6.29 Å². The molecule has 112 valence electrons. The van der Waals surface area contributed by atoms with Crippen molar-refractivity contribution < 1.29 is 19.0 Å². The van der Waals surface area contributed by atoms with Crippen LogP contribution in [0.1, 0.15) is 30.2 Å². The van der Waals surface area contributed by atoms with E-state index >= 15 is 0 Å². The van der Waals surface area contributed by atoms with Gasteiger partial charge in [-0.05, 0) is 12.8 Å². The number of carbonyl (C=O) groups is 1. The van der Waals surface area contributed by atoms with E-state index in [9.17, 15) is 4.79 Å². The zero-order valence-electron chi connectivity index (χ0n) is 11.9. The highest BCUT2D eigenvalue weighted by Gasteiger charge is 2.24. The molecule has 1 aromatic carbocycles. The van der Waals surface area contributed by atoms with Gasteiger partial charge in [0, 0.05) is 12.5 Å². The normalized spacial score (nSPS) is 11.8. The van der Waals surface area contributed by atoms with Gasteiger partial charge in [-0.2, -0.15) is 0 Å². The molecule has 0 aromatic heterocycles. The Labute approximate surface area is 123 Å². The Morgan fingerprint density at radius 2 is 1.90 bits per heavy atom. The van der Waals surface area contributed by atoms with Gasteiger partial charge in [0.25, 0.3) is 0 Å². The summed E-state index contributed by atoms with van der Waals surface area (Å²) in [5.41, 5.74) is 7.06. The molecule has 0 aliphatic carbocycles. The van der Waals surface area contributed by atoms with Gasteiger partial charge in [-0.25, -0.2) is 0 Å². The predicted octanol–water partition coefficient (Wildman–Crippen LogP) is 2.94. The van der Waals surface area contributed by atoms with Crippen molar-refractivity contribution in [1.82, 2.24) is 0 Å². The highest BCUT2D eigenvalue weighted by Crippen LogP contribution is 2.47. The van der Waals surface area contributed by atoms with E-state index in [1.165, 1.54) is 14.2 Å². The van der Waals surface area contributed by atoms with Gasteiger partial charge in [-0.15, -0.1) is 11.6 Å². The van der Waals surface area contributed by atoms with Gasteiger partial charge in [0.05, 0.1) is 32.3 Å². The van der Waals surface area contributed by atoms with Gasteiger partial charge >= 0.3 is 0 Å². The third-order valence-corrected chi connectivity index (χ3v) is 3.46. The first-order valence-electron chi connectivity index (χ1n) is 6.26. The molecule has 0 heterocycles. The molecular weight excluding hydrogens is 282 g/mol. The van der Waals surface area contributed by atoms with Gasteiger partial charge in [0.15, 0.2) is 5.75 Å². The fourth-order valence-electron chi connectivity index (χ4n) is 2.02. The Morgan fingerprint density at radius 3 is 2.40 bits per heavy atom. The smallest absolute Gasteiger partial charge is 0.153 e. The Hall–Kier alpha value is -1.62. The van der Waals surface area contributed by atoms with Crippen LogP contribution in [0.2, 0.25) is 0 Å². The van der Waals surface area contributed by atoms with Crippen molar-refractivity contribution in [2.45, 2.75) is 24.6 Å². The number of benzene rings is 1. The van der Waals surface area contributed by atoms with E-state index in [1.807, 2.05) is 0 Å². The number of aldehydes is 1. The average molecular weight is 302 g/mol. The number of hydrogen-bond donors (Lipinski definition) is 1. The molecule has 0 saturated carbocycles. The number of nitrogen functional groups attached to an aromatic ring is 1. The second-order valence-corrected chi connectivity index (χ2v) is 4.73. The van der Waals surface area contributed by atoms with E-state index in [-0.39, 0.29) is 5.38 Å². The van der Waals surface area contributed by atoms with E-state index in [2.05, 4.69) is 0 Å². The number of rotatable bonds is 8. The van der Waals surface area contributed by atoms with E-state index in [0.29, 0.717) is 47.8 Å². The van der Waals surface area contributed by atoms with Crippen molar-refractivity contribution in [3.63, 3.8) is 0 Å². The first-order chi connectivity index (χ1) is 9.60. The zero-order valence-corrected chi connectivity index (χ0v) is 12.7. The molecule has 6 heteroatoms. The summed E-state index contributed by atoms with van der Waals surface area (Å²) in [5.74, 6) is 1.48. The molecule has 20 heavy (non-hydrogen) atoms. The fourth-order valence-corrected chi connectivity index (χ4v) is 2.38. The van der Waals surface area contributed by atoms with Crippen LogP contribution in [0.25, 0.3) is 0 Å². The Bertz CT molecular complexity index is 465. The summed E-state index contributed by atoms with van der Waals surface area (Å²) in [6.45, 7) is 0. The van der Waals surface area contributed by atoms with Gasteiger partial charge in [0.2, 0.25) is 0 Å². The van der Waals surface area contributed by atoms with Crippen molar-refractivity contribution in [3.8, 4) is 17.2 Å².